The summed E-state index contributed by atoms with van der Waals surface area (Å²) in [6, 6.07) is 6.54. The summed E-state index contributed by atoms with van der Waals surface area (Å²) in [6.45, 7) is 0.894. The molecule has 23 heavy (non-hydrogen) atoms. The number of ether oxygens (including phenoxy) is 2. The Bertz CT molecular complexity index is 706. The van der Waals surface area contributed by atoms with Crippen molar-refractivity contribution in [3.63, 3.8) is 0 Å². The van der Waals surface area contributed by atoms with Crippen molar-refractivity contribution in [1.82, 2.24) is 4.31 Å². The van der Waals surface area contributed by atoms with Gasteiger partial charge in [-0.15, -0.1) is 0 Å². The van der Waals surface area contributed by atoms with E-state index in [0.717, 1.165) is 6.26 Å². The molecule has 2 heterocycles. The van der Waals surface area contributed by atoms with Gasteiger partial charge < -0.3 is 14.4 Å². The van der Waals surface area contributed by atoms with Gasteiger partial charge in [-0.3, -0.25) is 4.79 Å². The fourth-order valence-corrected chi connectivity index (χ4v) is 4.19. The predicted molar refractivity (Wildman–Crippen MR) is 85.0 cm³/mol. The molecule has 0 N–H and O–H groups in total. The van der Waals surface area contributed by atoms with E-state index in [1.54, 1.807) is 24.1 Å². The molecule has 0 radical (unpaired) electrons. The molecule has 1 amide bonds. The zero-order valence-corrected chi connectivity index (χ0v) is 14.0. The molecule has 8 heteroatoms. The molecule has 0 aromatic heterocycles. The minimum Gasteiger partial charge on any atom is -0.487 e. The fourth-order valence-electron chi connectivity index (χ4n) is 3.12. The van der Waals surface area contributed by atoms with Crippen LogP contribution in [0, 0.1) is 0 Å². The standard InChI is InChI=1S/C15H20N2O5S/c1-21-8-7-16-12-5-3-4-6-14(12)22-11-9-13(15(16)18)17(10-11)23(2,19)20/h3-6,11,13H,7-10H2,1-2H3. The lowest BCUT2D eigenvalue weighted by Crippen LogP contribution is -2.48. The maximum Gasteiger partial charge on any atom is 0.245 e. The molecule has 2 bridgehead atoms. The second kappa shape index (κ2) is 6.10. The van der Waals surface area contributed by atoms with Gasteiger partial charge in [-0.2, -0.15) is 4.31 Å². The summed E-state index contributed by atoms with van der Waals surface area (Å²) in [6.07, 6.45) is 1.17. The van der Waals surface area contributed by atoms with Gasteiger partial charge in [-0.1, -0.05) is 12.1 Å². The second-order valence-corrected chi connectivity index (χ2v) is 7.71. The lowest BCUT2D eigenvalue weighted by atomic mass is 10.1. The molecule has 2 unspecified atom stereocenters. The van der Waals surface area contributed by atoms with Gasteiger partial charge >= 0.3 is 0 Å². The van der Waals surface area contributed by atoms with E-state index < -0.39 is 16.1 Å². The third kappa shape index (κ3) is 3.06. The highest BCUT2D eigenvalue weighted by Crippen LogP contribution is 2.36. The van der Waals surface area contributed by atoms with Crippen LogP contribution in [0.15, 0.2) is 24.3 Å². The lowest BCUT2D eigenvalue weighted by molar-refractivity contribution is -0.122. The summed E-state index contributed by atoms with van der Waals surface area (Å²) < 4.78 is 36.3. The van der Waals surface area contributed by atoms with E-state index in [9.17, 15) is 13.2 Å². The summed E-state index contributed by atoms with van der Waals surface area (Å²) in [5, 5.41) is 0. The number of para-hydroxylation sites is 2. The van der Waals surface area contributed by atoms with Gasteiger partial charge in [0.2, 0.25) is 15.9 Å². The molecule has 1 fully saturated rings. The van der Waals surface area contributed by atoms with Gasteiger partial charge in [-0.05, 0) is 12.1 Å². The minimum atomic E-state index is -3.48. The van der Waals surface area contributed by atoms with Crippen molar-refractivity contribution in [3.05, 3.63) is 24.3 Å². The molecule has 2 aliphatic heterocycles. The molecule has 126 valence electrons. The van der Waals surface area contributed by atoms with Crippen LogP contribution in [0.5, 0.6) is 5.75 Å². The molecular weight excluding hydrogens is 320 g/mol. The SMILES string of the molecule is COCCN1C(=O)C2CC(CN2S(C)(=O)=O)Oc2ccccc21. The molecule has 2 aliphatic rings. The van der Waals surface area contributed by atoms with Crippen LogP contribution in [0.3, 0.4) is 0 Å². The Morgan fingerprint density at radius 1 is 1.35 bits per heavy atom. The van der Waals surface area contributed by atoms with Crippen molar-refractivity contribution >= 4 is 21.6 Å². The van der Waals surface area contributed by atoms with Gasteiger partial charge in [0.25, 0.3) is 0 Å². The van der Waals surface area contributed by atoms with Crippen LogP contribution < -0.4 is 9.64 Å². The number of rotatable bonds is 4. The van der Waals surface area contributed by atoms with E-state index in [2.05, 4.69) is 0 Å². The Labute approximate surface area is 135 Å². The highest BCUT2D eigenvalue weighted by atomic mass is 32.2. The van der Waals surface area contributed by atoms with E-state index in [1.807, 2.05) is 12.1 Å². The highest BCUT2D eigenvalue weighted by molar-refractivity contribution is 7.88. The third-order valence-electron chi connectivity index (χ3n) is 4.16. The van der Waals surface area contributed by atoms with Crippen LogP contribution in [0.4, 0.5) is 5.69 Å². The Morgan fingerprint density at radius 3 is 2.78 bits per heavy atom. The van der Waals surface area contributed by atoms with Crippen LogP contribution in [-0.4, -0.2) is 63.8 Å². The monoisotopic (exact) mass is 340 g/mol. The number of carbonyl (C=O) groups is 1. The van der Waals surface area contributed by atoms with Crippen molar-refractivity contribution in [2.24, 2.45) is 0 Å². The first-order valence-corrected chi connectivity index (χ1v) is 9.29. The molecule has 1 aromatic rings. The Kier molecular flexibility index (Phi) is 4.31. The summed E-state index contributed by atoms with van der Waals surface area (Å²) >= 11 is 0. The fraction of sp³-hybridized carbons (Fsp3) is 0.533. The first-order valence-electron chi connectivity index (χ1n) is 7.44. The topological polar surface area (TPSA) is 76.2 Å². The van der Waals surface area contributed by atoms with E-state index in [1.165, 1.54) is 4.31 Å². The molecule has 1 aromatic carbocycles. The number of anilines is 1. The van der Waals surface area contributed by atoms with E-state index >= 15 is 0 Å². The van der Waals surface area contributed by atoms with Crippen LogP contribution in [0.2, 0.25) is 0 Å². The maximum atomic E-state index is 13.0. The zero-order valence-electron chi connectivity index (χ0n) is 13.1. The number of hydrogen-bond acceptors (Lipinski definition) is 5. The second-order valence-electron chi connectivity index (χ2n) is 5.77. The Balaban J connectivity index is 2.03. The van der Waals surface area contributed by atoms with Gasteiger partial charge in [0, 0.05) is 20.1 Å². The van der Waals surface area contributed by atoms with Gasteiger partial charge in [0.1, 0.15) is 17.9 Å². The first kappa shape index (κ1) is 16.2. The average Bonchev–Trinajstić information content (AvgIpc) is 2.93. The Morgan fingerprint density at radius 2 is 2.09 bits per heavy atom. The van der Waals surface area contributed by atoms with Crippen molar-refractivity contribution in [2.75, 3.05) is 38.0 Å². The number of benzene rings is 1. The van der Waals surface area contributed by atoms with Crippen molar-refractivity contribution in [3.8, 4) is 5.75 Å². The molecular formula is C15H20N2O5S. The van der Waals surface area contributed by atoms with Crippen molar-refractivity contribution in [1.29, 1.82) is 0 Å². The van der Waals surface area contributed by atoms with Gasteiger partial charge in [0.05, 0.1) is 25.1 Å². The molecule has 1 saturated heterocycles. The smallest absolute Gasteiger partial charge is 0.245 e. The van der Waals surface area contributed by atoms with Crippen LogP contribution in [0.1, 0.15) is 6.42 Å². The first-order chi connectivity index (χ1) is 10.9. The van der Waals surface area contributed by atoms with Crippen molar-refractivity contribution < 1.29 is 22.7 Å². The van der Waals surface area contributed by atoms with E-state index in [0.29, 0.717) is 31.0 Å². The maximum absolute atomic E-state index is 13.0. The van der Waals surface area contributed by atoms with Gasteiger partial charge in [-0.25, -0.2) is 8.42 Å². The van der Waals surface area contributed by atoms with Crippen LogP contribution in [0.25, 0.3) is 0 Å². The summed E-state index contributed by atoms with van der Waals surface area (Å²) in [5.74, 6) is 0.362. The predicted octanol–water partition coefficient (Wildman–Crippen LogP) is 0.461. The Hall–Kier alpha value is -1.64. The van der Waals surface area contributed by atoms with Gasteiger partial charge in [0.15, 0.2) is 0 Å². The number of amides is 1. The van der Waals surface area contributed by atoms with Crippen molar-refractivity contribution in [2.45, 2.75) is 18.6 Å². The molecule has 0 saturated carbocycles. The third-order valence-corrected chi connectivity index (χ3v) is 5.42. The molecule has 2 atom stereocenters. The number of fused-ring (bicyclic) bond motifs is 3. The lowest BCUT2D eigenvalue weighted by Gasteiger charge is -2.31. The molecule has 0 spiro atoms. The summed E-state index contributed by atoms with van der Waals surface area (Å²) in [7, 11) is -1.92. The summed E-state index contributed by atoms with van der Waals surface area (Å²) in [5.41, 5.74) is 0.652. The quantitative estimate of drug-likeness (QED) is 0.796. The number of carbonyl (C=O) groups excluding carboxylic acids is 1. The average molecular weight is 340 g/mol. The van der Waals surface area contributed by atoms with Crippen LogP contribution in [-0.2, 0) is 19.6 Å². The number of nitrogens with zero attached hydrogens (tertiary/aromatic N) is 2. The zero-order chi connectivity index (χ0) is 16.6. The summed E-state index contributed by atoms with van der Waals surface area (Å²) in [4.78, 5) is 14.5. The minimum absolute atomic E-state index is 0.196. The number of hydrogen-bond donors (Lipinski definition) is 0. The molecule has 0 aliphatic carbocycles. The van der Waals surface area contributed by atoms with E-state index in [4.69, 9.17) is 9.47 Å². The number of sulfonamides is 1. The van der Waals surface area contributed by atoms with E-state index in [-0.39, 0.29) is 18.6 Å². The molecule has 3 rings (SSSR count). The normalized spacial score (nSPS) is 24.8. The number of methoxy groups -OCH3 is 1. The molecule has 7 nitrogen and oxygen atoms in total. The highest BCUT2D eigenvalue weighted by Gasteiger charge is 2.46. The van der Waals surface area contributed by atoms with Crippen LogP contribution >= 0.6 is 0 Å². The largest absolute Gasteiger partial charge is 0.487 e.